The quantitative estimate of drug-likeness (QED) is 0.694. The first-order chi connectivity index (χ1) is 9.86. The van der Waals surface area contributed by atoms with E-state index in [-0.39, 0.29) is 10.6 Å². The number of nitrogens with two attached hydrogens (primary N) is 1. The van der Waals surface area contributed by atoms with Crippen LogP contribution in [0.2, 0.25) is 0 Å². The molecule has 0 amide bonds. The lowest BCUT2D eigenvalue weighted by Crippen LogP contribution is -2.31. The summed E-state index contributed by atoms with van der Waals surface area (Å²) in [7, 11) is -3.66. The molecule has 0 saturated carbocycles. The Morgan fingerprint density at radius 2 is 2.05 bits per heavy atom. The van der Waals surface area contributed by atoms with Gasteiger partial charge in [-0.1, -0.05) is 28.9 Å². The zero-order chi connectivity index (χ0) is 15.6. The Hall–Kier alpha value is -0.410. The van der Waals surface area contributed by atoms with Gasteiger partial charge in [0.25, 0.3) is 0 Å². The van der Waals surface area contributed by atoms with Crippen LogP contribution in [0.3, 0.4) is 0 Å². The van der Waals surface area contributed by atoms with E-state index < -0.39 is 10.0 Å². The maximum Gasteiger partial charge on any atom is 0.246 e. The number of benzene rings is 1. The molecule has 1 aromatic heterocycles. The van der Waals surface area contributed by atoms with Crippen molar-refractivity contribution in [1.82, 2.24) is 4.31 Å². The highest BCUT2D eigenvalue weighted by Crippen LogP contribution is 2.34. The third-order valence-corrected chi connectivity index (χ3v) is 7.15. The number of rotatable bonds is 5. The minimum atomic E-state index is -3.66. The Bertz CT molecular complexity index is 708. The normalized spacial score (nSPS) is 12.0. The first-order valence-corrected chi connectivity index (χ1v) is 10.0. The van der Waals surface area contributed by atoms with Gasteiger partial charge in [0.2, 0.25) is 10.0 Å². The lowest BCUT2D eigenvalue weighted by Gasteiger charge is -2.21. The molecular formula is C13H14Br2N2O2S2. The van der Waals surface area contributed by atoms with Crippen LogP contribution in [0.4, 0.5) is 5.69 Å². The van der Waals surface area contributed by atoms with Gasteiger partial charge in [-0.25, -0.2) is 8.42 Å². The molecular weight excluding hydrogens is 440 g/mol. The molecule has 8 heteroatoms. The fourth-order valence-corrected chi connectivity index (χ4v) is 6.17. The number of hydrogen-bond donors (Lipinski definition) is 1. The topological polar surface area (TPSA) is 63.4 Å². The summed E-state index contributed by atoms with van der Waals surface area (Å²) in [5.41, 5.74) is 6.13. The second kappa shape index (κ2) is 6.78. The van der Waals surface area contributed by atoms with Gasteiger partial charge in [0.1, 0.15) is 4.90 Å². The van der Waals surface area contributed by atoms with Gasteiger partial charge >= 0.3 is 0 Å². The molecule has 2 N–H and O–H groups in total. The summed E-state index contributed by atoms with van der Waals surface area (Å²) >= 11 is 8.13. The predicted molar refractivity (Wildman–Crippen MR) is 93.8 cm³/mol. The van der Waals surface area contributed by atoms with Crippen molar-refractivity contribution >= 4 is 58.9 Å². The number of anilines is 1. The van der Waals surface area contributed by atoms with E-state index >= 15 is 0 Å². The highest BCUT2D eigenvalue weighted by Gasteiger charge is 2.28. The standard InChI is InChI=1S/C13H14Br2N2O2S2/c1-2-17(8-10-4-3-5-20-10)21(18,19)13-11(15)6-9(14)7-12(13)16/h3-7H,2,8,16H2,1H3. The average Bonchev–Trinajstić information content (AvgIpc) is 2.86. The molecule has 0 aliphatic heterocycles. The fraction of sp³-hybridized carbons (Fsp3) is 0.231. The Balaban J connectivity index is 2.45. The molecule has 114 valence electrons. The van der Waals surface area contributed by atoms with Crippen molar-refractivity contribution in [2.75, 3.05) is 12.3 Å². The van der Waals surface area contributed by atoms with Gasteiger partial charge in [0, 0.05) is 26.9 Å². The summed E-state index contributed by atoms with van der Waals surface area (Å²) < 4.78 is 28.3. The molecule has 0 radical (unpaired) electrons. The molecule has 0 spiro atoms. The van der Waals surface area contributed by atoms with Gasteiger partial charge in [0.05, 0.1) is 5.69 Å². The van der Waals surface area contributed by atoms with Gasteiger partial charge in [-0.05, 0) is 39.5 Å². The minimum absolute atomic E-state index is 0.115. The van der Waals surface area contributed by atoms with E-state index in [9.17, 15) is 8.42 Å². The molecule has 1 aromatic carbocycles. The Labute approximate surface area is 145 Å². The molecule has 0 saturated heterocycles. The van der Waals surface area contributed by atoms with Crippen LogP contribution >= 0.6 is 43.2 Å². The molecule has 0 bridgehead atoms. The molecule has 2 rings (SSSR count). The van der Waals surface area contributed by atoms with Gasteiger partial charge in [0.15, 0.2) is 0 Å². The highest BCUT2D eigenvalue weighted by molar-refractivity contribution is 9.11. The monoisotopic (exact) mass is 452 g/mol. The average molecular weight is 454 g/mol. The summed E-state index contributed by atoms with van der Waals surface area (Å²) in [4.78, 5) is 1.11. The molecule has 0 aliphatic rings. The number of sulfonamides is 1. The van der Waals surface area contributed by atoms with Crippen LogP contribution in [0.5, 0.6) is 0 Å². The molecule has 1 heterocycles. The second-order valence-electron chi connectivity index (χ2n) is 4.32. The van der Waals surface area contributed by atoms with Crippen LogP contribution in [0.25, 0.3) is 0 Å². The molecule has 21 heavy (non-hydrogen) atoms. The third kappa shape index (κ3) is 3.68. The van der Waals surface area contributed by atoms with Crippen LogP contribution in [0, 0.1) is 0 Å². The summed E-state index contributed by atoms with van der Waals surface area (Å²) in [6, 6.07) is 7.10. The molecule has 4 nitrogen and oxygen atoms in total. The van der Waals surface area contributed by atoms with Gasteiger partial charge in [-0.2, -0.15) is 4.31 Å². The zero-order valence-corrected chi connectivity index (χ0v) is 16.0. The number of nitrogen functional groups attached to an aromatic ring is 1. The van der Waals surface area contributed by atoms with Gasteiger partial charge < -0.3 is 5.73 Å². The smallest absolute Gasteiger partial charge is 0.246 e. The van der Waals surface area contributed by atoms with Crippen LogP contribution in [-0.4, -0.2) is 19.3 Å². The molecule has 0 fully saturated rings. The van der Waals surface area contributed by atoms with Crippen molar-refractivity contribution in [2.24, 2.45) is 0 Å². The number of hydrogen-bond acceptors (Lipinski definition) is 4. The van der Waals surface area contributed by atoms with Crippen molar-refractivity contribution in [1.29, 1.82) is 0 Å². The van der Waals surface area contributed by atoms with Crippen molar-refractivity contribution in [3.63, 3.8) is 0 Å². The van der Waals surface area contributed by atoms with E-state index in [4.69, 9.17) is 5.73 Å². The number of nitrogens with zero attached hydrogens (tertiary/aromatic N) is 1. The Kier molecular flexibility index (Phi) is 5.48. The summed E-state index contributed by atoms with van der Waals surface area (Å²) in [5, 5.41) is 1.93. The van der Waals surface area contributed by atoms with Crippen LogP contribution in [0.15, 0.2) is 43.5 Å². The third-order valence-electron chi connectivity index (χ3n) is 2.90. The van der Waals surface area contributed by atoms with E-state index in [1.165, 1.54) is 15.6 Å². The Morgan fingerprint density at radius 3 is 2.57 bits per heavy atom. The first kappa shape index (κ1) is 17.0. The van der Waals surface area contributed by atoms with Crippen molar-refractivity contribution in [2.45, 2.75) is 18.4 Å². The predicted octanol–water partition coefficient (Wildman–Crippen LogP) is 4.07. The molecule has 0 atom stereocenters. The van der Waals surface area contributed by atoms with Crippen molar-refractivity contribution < 1.29 is 8.42 Å². The minimum Gasteiger partial charge on any atom is -0.398 e. The number of halogens is 2. The lowest BCUT2D eigenvalue weighted by atomic mass is 10.3. The van der Waals surface area contributed by atoms with Crippen molar-refractivity contribution in [3.05, 3.63) is 43.5 Å². The van der Waals surface area contributed by atoms with Crippen LogP contribution < -0.4 is 5.73 Å². The molecule has 0 unspecified atom stereocenters. The van der Waals surface area contributed by atoms with E-state index in [0.29, 0.717) is 17.6 Å². The zero-order valence-electron chi connectivity index (χ0n) is 11.2. The SMILES string of the molecule is CCN(Cc1cccs1)S(=O)(=O)c1c(N)cc(Br)cc1Br. The van der Waals surface area contributed by atoms with Crippen molar-refractivity contribution in [3.8, 4) is 0 Å². The molecule has 0 aliphatic carbocycles. The van der Waals surface area contributed by atoms with Crippen LogP contribution in [0.1, 0.15) is 11.8 Å². The molecule has 2 aromatic rings. The maximum absolute atomic E-state index is 12.8. The number of thiophene rings is 1. The van der Waals surface area contributed by atoms with Crippen LogP contribution in [-0.2, 0) is 16.6 Å². The highest BCUT2D eigenvalue weighted by atomic mass is 79.9. The van der Waals surface area contributed by atoms with E-state index in [2.05, 4.69) is 31.9 Å². The summed E-state index contributed by atoms with van der Waals surface area (Å²) in [5.74, 6) is 0. The maximum atomic E-state index is 12.8. The summed E-state index contributed by atoms with van der Waals surface area (Å²) in [6.45, 7) is 2.54. The lowest BCUT2D eigenvalue weighted by molar-refractivity contribution is 0.426. The van der Waals surface area contributed by atoms with E-state index in [1.54, 1.807) is 12.1 Å². The summed E-state index contributed by atoms with van der Waals surface area (Å²) in [6.07, 6.45) is 0. The van der Waals surface area contributed by atoms with Gasteiger partial charge in [-0.15, -0.1) is 11.3 Å². The van der Waals surface area contributed by atoms with E-state index in [1.807, 2.05) is 24.4 Å². The first-order valence-electron chi connectivity index (χ1n) is 6.13. The van der Waals surface area contributed by atoms with E-state index in [0.717, 1.165) is 9.35 Å². The largest absolute Gasteiger partial charge is 0.398 e. The Morgan fingerprint density at radius 1 is 1.33 bits per heavy atom. The van der Waals surface area contributed by atoms with Gasteiger partial charge in [-0.3, -0.25) is 0 Å². The fourth-order valence-electron chi connectivity index (χ4n) is 1.92. The second-order valence-corrected chi connectivity index (χ2v) is 8.99.